The molecule has 4 heteroatoms. The van der Waals surface area contributed by atoms with Gasteiger partial charge in [-0.1, -0.05) is 13.8 Å². The summed E-state index contributed by atoms with van der Waals surface area (Å²) in [5.74, 6) is 0.701. The number of anilines is 1. The Bertz CT molecular complexity index is 337. The van der Waals surface area contributed by atoms with Crippen molar-refractivity contribution in [3.8, 4) is 0 Å². The van der Waals surface area contributed by atoms with Crippen LogP contribution < -0.4 is 10.6 Å². The number of rotatable bonds is 4. The summed E-state index contributed by atoms with van der Waals surface area (Å²) in [5.41, 5.74) is 1.52. The van der Waals surface area contributed by atoms with E-state index in [9.17, 15) is 0 Å². The Morgan fingerprint density at radius 3 is 2.94 bits per heavy atom. The van der Waals surface area contributed by atoms with Gasteiger partial charge in [0.1, 0.15) is 0 Å². The van der Waals surface area contributed by atoms with Gasteiger partial charge in [0.25, 0.3) is 0 Å². The summed E-state index contributed by atoms with van der Waals surface area (Å²) in [6.07, 6.45) is 5.17. The molecule has 0 aliphatic carbocycles. The molecular weight excluding hydrogens is 200 g/mol. The van der Waals surface area contributed by atoms with Gasteiger partial charge in [-0.3, -0.25) is 4.68 Å². The van der Waals surface area contributed by atoms with E-state index < -0.39 is 0 Å². The fraction of sp³-hybridized carbons (Fsp3) is 0.750. The molecule has 1 aromatic heterocycles. The Kier molecular flexibility index (Phi) is 3.19. The first-order valence-corrected chi connectivity index (χ1v) is 6.06. The molecule has 1 aromatic rings. The molecule has 1 aliphatic heterocycles. The van der Waals surface area contributed by atoms with Crippen molar-refractivity contribution >= 4 is 5.69 Å². The summed E-state index contributed by atoms with van der Waals surface area (Å²) >= 11 is 0. The highest BCUT2D eigenvalue weighted by Crippen LogP contribution is 2.34. The Morgan fingerprint density at radius 2 is 2.44 bits per heavy atom. The van der Waals surface area contributed by atoms with Crippen molar-refractivity contribution in [2.75, 3.05) is 25.0 Å². The van der Waals surface area contributed by atoms with Crippen LogP contribution in [0.15, 0.2) is 12.4 Å². The lowest BCUT2D eigenvalue weighted by atomic mass is 9.76. The van der Waals surface area contributed by atoms with Crippen LogP contribution in [0, 0.1) is 11.3 Å². The molecule has 1 unspecified atom stereocenters. The van der Waals surface area contributed by atoms with Crippen LogP contribution in [-0.2, 0) is 7.05 Å². The Balaban J connectivity index is 1.97. The lowest BCUT2D eigenvalue weighted by Crippen LogP contribution is -2.37. The molecule has 90 valence electrons. The molecule has 0 spiro atoms. The first-order chi connectivity index (χ1) is 7.62. The van der Waals surface area contributed by atoms with Gasteiger partial charge in [0.15, 0.2) is 0 Å². The predicted molar refractivity (Wildman–Crippen MR) is 66.5 cm³/mol. The highest BCUT2D eigenvalue weighted by atomic mass is 15.3. The minimum Gasteiger partial charge on any atom is -0.382 e. The van der Waals surface area contributed by atoms with E-state index in [1.807, 2.05) is 24.1 Å². The summed E-state index contributed by atoms with van der Waals surface area (Å²) in [7, 11) is 1.94. The maximum atomic E-state index is 4.17. The average Bonchev–Trinajstić information content (AvgIpc) is 2.84. The van der Waals surface area contributed by atoms with Crippen molar-refractivity contribution in [2.45, 2.75) is 20.3 Å². The highest BCUT2D eigenvalue weighted by molar-refractivity contribution is 5.38. The van der Waals surface area contributed by atoms with Gasteiger partial charge >= 0.3 is 0 Å². The van der Waals surface area contributed by atoms with Gasteiger partial charge in [0.05, 0.1) is 11.9 Å². The molecule has 0 bridgehead atoms. The Labute approximate surface area is 97.4 Å². The fourth-order valence-corrected chi connectivity index (χ4v) is 2.40. The van der Waals surface area contributed by atoms with Crippen LogP contribution in [0.5, 0.6) is 0 Å². The first-order valence-electron chi connectivity index (χ1n) is 6.06. The number of hydrogen-bond acceptors (Lipinski definition) is 3. The lowest BCUT2D eigenvalue weighted by Gasteiger charge is -2.33. The summed E-state index contributed by atoms with van der Waals surface area (Å²) < 4.78 is 1.83. The van der Waals surface area contributed by atoms with Crippen LogP contribution in [0.3, 0.4) is 0 Å². The molecule has 2 heterocycles. The molecule has 1 aliphatic rings. The van der Waals surface area contributed by atoms with E-state index in [0.717, 1.165) is 25.3 Å². The quantitative estimate of drug-likeness (QED) is 0.810. The largest absolute Gasteiger partial charge is 0.382 e. The zero-order chi connectivity index (χ0) is 11.6. The Hall–Kier alpha value is -1.03. The van der Waals surface area contributed by atoms with E-state index >= 15 is 0 Å². The third-order valence-electron chi connectivity index (χ3n) is 3.85. The summed E-state index contributed by atoms with van der Waals surface area (Å²) in [6, 6.07) is 0. The monoisotopic (exact) mass is 222 g/mol. The standard InChI is InChI=1S/C12H22N4/c1-10(2)12(4-5-13-8-12)9-14-11-6-15-16(3)7-11/h6-7,10,13-14H,4-5,8-9H2,1-3H3. The van der Waals surface area contributed by atoms with Gasteiger partial charge < -0.3 is 10.6 Å². The van der Waals surface area contributed by atoms with Gasteiger partial charge in [-0.25, -0.2) is 0 Å². The van der Waals surface area contributed by atoms with E-state index in [-0.39, 0.29) is 0 Å². The number of aromatic nitrogens is 2. The Morgan fingerprint density at radius 1 is 1.62 bits per heavy atom. The second-order valence-electron chi connectivity index (χ2n) is 5.20. The summed E-state index contributed by atoms with van der Waals surface area (Å²) in [5, 5.41) is 11.1. The van der Waals surface area contributed by atoms with E-state index in [1.165, 1.54) is 6.42 Å². The molecule has 1 atom stereocenters. The molecule has 2 rings (SSSR count). The van der Waals surface area contributed by atoms with Crippen LogP contribution in [0.4, 0.5) is 5.69 Å². The second-order valence-corrected chi connectivity index (χ2v) is 5.20. The third-order valence-corrected chi connectivity index (χ3v) is 3.85. The minimum atomic E-state index is 0.399. The molecule has 1 saturated heterocycles. The number of nitrogens with one attached hydrogen (secondary N) is 2. The van der Waals surface area contributed by atoms with Gasteiger partial charge in [0, 0.05) is 31.7 Å². The van der Waals surface area contributed by atoms with Crippen molar-refractivity contribution in [1.29, 1.82) is 0 Å². The molecular formula is C12H22N4. The fourth-order valence-electron chi connectivity index (χ4n) is 2.40. The van der Waals surface area contributed by atoms with Crippen LogP contribution in [-0.4, -0.2) is 29.4 Å². The number of nitrogens with zero attached hydrogens (tertiary/aromatic N) is 2. The van der Waals surface area contributed by atoms with Gasteiger partial charge in [-0.05, 0) is 18.9 Å². The van der Waals surface area contributed by atoms with Crippen LogP contribution in [0.1, 0.15) is 20.3 Å². The maximum Gasteiger partial charge on any atom is 0.0726 e. The molecule has 1 fully saturated rings. The SMILES string of the molecule is CC(C)C1(CNc2cnn(C)c2)CCNC1. The molecule has 0 saturated carbocycles. The number of hydrogen-bond donors (Lipinski definition) is 2. The highest BCUT2D eigenvalue weighted by Gasteiger charge is 2.36. The van der Waals surface area contributed by atoms with Crippen LogP contribution in [0.25, 0.3) is 0 Å². The van der Waals surface area contributed by atoms with Crippen molar-refractivity contribution in [3.63, 3.8) is 0 Å². The van der Waals surface area contributed by atoms with Crippen LogP contribution >= 0.6 is 0 Å². The van der Waals surface area contributed by atoms with Crippen LogP contribution in [0.2, 0.25) is 0 Å². The van der Waals surface area contributed by atoms with Gasteiger partial charge in [-0.15, -0.1) is 0 Å². The normalized spacial score (nSPS) is 25.2. The third kappa shape index (κ3) is 2.21. The van der Waals surface area contributed by atoms with Crippen molar-refractivity contribution in [3.05, 3.63) is 12.4 Å². The van der Waals surface area contributed by atoms with Gasteiger partial charge in [0.2, 0.25) is 0 Å². The molecule has 4 nitrogen and oxygen atoms in total. The van der Waals surface area contributed by atoms with Crippen molar-refractivity contribution in [1.82, 2.24) is 15.1 Å². The molecule has 2 N–H and O–H groups in total. The van der Waals surface area contributed by atoms with E-state index in [4.69, 9.17) is 0 Å². The molecule has 16 heavy (non-hydrogen) atoms. The van der Waals surface area contributed by atoms with E-state index in [2.05, 4.69) is 29.6 Å². The predicted octanol–water partition coefficient (Wildman–Crippen LogP) is 1.47. The summed E-state index contributed by atoms with van der Waals surface area (Å²) in [4.78, 5) is 0. The molecule has 0 amide bonds. The molecule has 0 aromatic carbocycles. The average molecular weight is 222 g/mol. The van der Waals surface area contributed by atoms with E-state index in [0.29, 0.717) is 11.3 Å². The van der Waals surface area contributed by atoms with Gasteiger partial charge in [-0.2, -0.15) is 5.10 Å². The molecule has 0 radical (unpaired) electrons. The lowest BCUT2D eigenvalue weighted by molar-refractivity contribution is 0.237. The number of aryl methyl sites for hydroxylation is 1. The van der Waals surface area contributed by atoms with Crippen molar-refractivity contribution < 1.29 is 0 Å². The topological polar surface area (TPSA) is 41.9 Å². The zero-order valence-corrected chi connectivity index (χ0v) is 10.5. The summed E-state index contributed by atoms with van der Waals surface area (Å²) in [6.45, 7) is 7.93. The van der Waals surface area contributed by atoms with Crippen molar-refractivity contribution in [2.24, 2.45) is 18.4 Å². The second kappa shape index (κ2) is 4.45. The van der Waals surface area contributed by atoms with E-state index in [1.54, 1.807) is 0 Å². The smallest absolute Gasteiger partial charge is 0.0726 e. The first kappa shape index (κ1) is 11.5. The minimum absolute atomic E-state index is 0.399. The maximum absolute atomic E-state index is 4.17. The zero-order valence-electron chi connectivity index (χ0n) is 10.5.